The van der Waals surface area contributed by atoms with Crippen LogP contribution in [0.15, 0.2) is 35.2 Å². The Hall–Kier alpha value is -0.250. The molecule has 62 valence electrons. The van der Waals surface area contributed by atoms with Gasteiger partial charge in [-0.25, -0.2) is 8.42 Å². The maximum Gasteiger partial charge on any atom is 0.260 e. The van der Waals surface area contributed by atoms with Crippen molar-refractivity contribution in [2.45, 2.75) is 0 Å². The normalized spacial score (nSPS) is 11.8. The molecule has 0 aliphatic carbocycles. The fraction of sp³-hybridized carbons (Fsp3) is 0. The van der Waals surface area contributed by atoms with Gasteiger partial charge in [-0.2, -0.15) is 0 Å². The lowest BCUT2D eigenvalue weighted by Crippen LogP contribution is -1.88. The van der Waals surface area contributed by atoms with Crippen LogP contribution in [0.2, 0.25) is 0 Å². The lowest BCUT2D eigenvalue weighted by atomic mass is 10.5. The first-order chi connectivity index (χ1) is 4.84. The highest BCUT2D eigenvalue weighted by molar-refractivity contribution is 8.16. The minimum absolute atomic E-state index is 0.207. The van der Waals surface area contributed by atoms with E-state index in [0.717, 1.165) is 0 Å². The second kappa shape index (κ2) is 3.95. The average molecular weight is 213 g/mol. The second-order valence-electron chi connectivity index (χ2n) is 1.68. The summed E-state index contributed by atoms with van der Waals surface area (Å²) < 4.78 is 21.0. The molecule has 0 rings (SSSR count). The van der Waals surface area contributed by atoms with Gasteiger partial charge in [0.15, 0.2) is 0 Å². The van der Waals surface area contributed by atoms with Gasteiger partial charge in [-0.05, 0) is 12.2 Å². The molecule has 0 atom stereocenters. The molecule has 0 aliphatic heterocycles. The van der Waals surface area contributed by atoms with Crippen LogP contribution in [0.5, 0.6) is 0 Å². The maximum absolute atomic E-state index is 10.5. The van der Waals surface area contributed by atoms with Crippen LogP contribution in [0.4, 0.5) is 0 Å². The summed E-state index contributed by atoms with van der Waals surface area (Å²) in [6.07, 6.45) is 2.47. The molecule has 0 unspecified atom stereocenters. The van der Waals surface area contributed by atoms with Gasteiger partial charge in [0, 0.05) is 15.7 Å². The molecule has 0 N–H and O–H groups in total. The van der Waals surface area contributed by atoms with Crippen molar-refractivity contribution in [2.24, 2.45) is 0 Å². The molecule has 0 saturated carbocycles. The number of halogens is 2. The van der Waals surface area contributed by atoms with Crippen LogP contribution < -0.4 is 0 Å². The lowest BCUT2D eigenvalue weighted by Gasteiger charge is -1.90. The molecule has 0 aliphatic rings. The smallest absolute Gasteiger partial charge is 0.207 e. The number of hydrogen-bond acceptors (Lipinski definition) is 2. The van der Waals surface area contributed by atoms with E-state index in [4.69, 9.17) is 22.3 Å². The fourth-order valence-corrected chi connectivity index (χ4v) is 0.713. The first-order valence-corrected chi connectivity index (χ1v) is 5.19. The third-order valence-electron chi connectivity index (χ3n) is 0.763. The Morgan fingerprint density at radius 1 is 1.27 bits per heavy atom. The predicted octanol–water partition coefficient (Wildman–Crippen LogP) is 2.38. The molecule has 11 heavy (non-hydrogen) atoms. The number of hydrogen-bond donors (Lipinski definition) is 0. The zero-order valence-electron chi connectivity index (χ0n) is 5.55. The molecule has 0 aromatic rings. The Morgan fingerprint density at radius 2 is 1.73 bits per heavy atom. The maximum atomic E-state index is 10.5. The molecule has 0 aromatic carbocycles. The van der Waals surface area contributed by atoms with E-state index in [0.29, 0.717) is 0 Å². The largest absolute Gasteiger partial charge is 0.260 e. The summed E-state index contributed by atoms with van der Waals surface area (Å²) in [7, 11) is 1.21. The van der Waals surface area contributed by atoms with Crippen molar-refractivity contribution in [3.8, 4) is 0 Å². The highest BCUT2D eigenvalue weighted by Gasteiger charge is 2.06. The zero-order chi connectivity index (χ0) is 9.07. The van der Waals surface area contributed by atoms with Crippen LogP contribution in [0, 0.1) is 0 Å². The highest BCUT2D eigenvalue weighted by atomic mass is 35.7. The van der Waals surface area contributed by atoms with Crippen LogP contribution in [-0.4, -0.2) is 8.42 Å². The summed E-state index contributed by atoms with van der Waals surface area (Å²) in [6, 6.07) is 0. The SMILES string of the molecule is C=C(Cl)/C=C\C(=C)S(=O)(=O)Cl. The molecule has 0 radical (unpaired) electrons. The Labute approximate surface area is 75.2 Å². The third kappa shape index (κ3) is 5.07. The summed E-state index contributed by atoms with van der Waals surface area (Å²) in [5.41, 5.74) is 0. The van der Waals surface area contributed by atoms with Crippen LogP contribution in [0.3, 0.4) is 0 Å². The van der Waals surface area contributed by atoms with Gasteiger partial charge in [-0.15, -0.1) is 0 Å². The molecule has 0 heterocycles. The summed E-state index contributed by atoms with van der Waals surface area (Å²) in [5.74, 6) is 0. The van der Waals surface area contributed by atoms with Crippen molar-refractivity contribution in [1.29, 1.82) is 0 Å². The highest BCUT2D eigenvalue weighted by Crippen LogP contribution is 2.12. The molecule has 0 saturated heterocycles. The van der Waals surface area contributed by atoms with Gasteiger partial charge in [-0.1, -0.05) is 24.8 Å². The predicted molar refractivity (Wildman–Crippen MR) is 48.0 cm³/mol. The van der Waals surface area contributed by atoms with Crippen molar-refractivity contribution in [3.05, 3.63) is 35.2 Å². The average Bonchev–Trinajstić information content (AvgIpc) is 1.80. The van der Waals surface area contributed by atoms with Gasteiger partial charge in [0.2, 0.25) is 0 Å². The van der Waals surface area contributed by atoms with Crippen molar-refractivity contribution < 1.29 is 8.42 Å². The molecule has 0 bridgehead atoms. The Balaban J connectivity index is 4.46. The summed E-state index contributed by atoms with van der Waals surface area (Å²) in [5, 5.41) is 0.214. The van der Waals surface area contributed by atoms with E-state index in [9.17, 15) is 8.42 Å². The third-order valence-corrected chi connectivity index (χ3v) is 2.25. The minimum Gasteiger partial charge on any atom is -0.207 e. The fourth-order valence-electron chi connectivity index (χ4n) is 0.265. The molecular formula is C6H6Cl2O2S. The van der Waals surface area contributed by atoms with Gasteiger partial charge >= 0.3 is 0 Å². The monoisotopic (exact) mass is 212 g/mol. The van der Waals surface area contributed by atoms with E-state index < -0.39 is 9.05 Å². The summed E-state index contributed by atoms with van der Waals surface area (Å²) in [4.78, 5) is -0.207. The quantitative estimate of drug-likeness (QED) is 0.532. The van der Waals surface area contributed by atoms with E-state index in [1.165, 1.54) is 12.2 Å². The van der Waals surface area contributed by atoms with E-state index in [1.54, 1.807) is 0 Å². The lowest BCUT2D eigenvalue weighted by molar-refractivity contribution is 0.616. The van der Waals surface area contributed by atoms with Gasteiger partial charge in [-0.3, -0.25) is 0 Å². The molecule has 2 nitrogen and oxygen atoms in total. The standard InChI is InChI=1S/C6H6Cl2O2S/c1-5(7)3-4-6(2)11(8,9)10/h3-4H,1-2H2/b4-3-. The van der Waals surface area contributed by atoms with Crippen molar-refractivity contribution in [3.63, 3.8) is 0 Å². The van der Waals surface area contributed by atoms with E-state index in [-0.39, 0.29) is 9.94 Å². The van der Waals surface area contributed by atoms with E-state index in [2.05, 4.69) is 13.2 Å². The molecule has 0 aromatic heterocycles. The molecule has 0 spiro atoms. The van der Waals surface area contributed by atoms with Crippen molar-refractivity contribution in [2.75, 3.05) is 0 Å². The Morgan fingerprint density at radius 3 is 2.00 bits per heavy atom. The zero-order valence-corrected chi connectivity index (χ0v) is 7.88. The Bertz CT molecular complexity index is 301. The molecule has 0 fully saturated rings. The van der Waals surface area contributed by atoms with Crippen LogP contribution in [-0.2, 0) is 9.05 Å². The number of rotatable bonds is 3. The van der Waals surface area contributed by atoms with Gasteiger partial charge < -0.3 is 0 Å². The van der Waals surface area contributed by atoms with E-state index >= 15 is 0 Å². The van der Waals surface area contributed by atoms with E-state index in [1.807, 2.05) is 0 Å². The van der Waals surface area contributed by atoms with Crippen molar-refractivity contribution >= 4 is 31.3 Å². The summed E-state index contributed by atoms with van der Waals surface area (Å²) in [6.45, 7) is 6.50. The van der Waals surface area contributed by atoms with Crippen LogP contribution >= 0.6 is 22.3 Å². The number of allylic oxidation sites excluding steroid dienone is 3. The Kier molecular flexibility index (Phi) is 3.86. The van der Waals surface area contributed by atoms with Gasteiger partial charge in [0.25, 0.3) is 9.05 Å². The topological polar surface area (TPSA) is 34.1 Å². The molecular weight excluding hydrogens is 207 g/mol. The van der Waals surface area contributed by atoms with Crippen molar-refractivity contribution in [1.82, 2.24) is 0 Å². The first kappa shape index (κ1) is 10.8. The second-order valence-corrected chi connectivity index (χ2v) is 4.79. The first-order valence-electron chi connectivity index (χ1n) is 2.50. The minimum atomic E-state index is -3.71. The summed E-state index contributed by atoms with van der Waals surface area (Å²) >= 11 is 5.31. The van der Waals surface area contributed by atoms with Gasteiger partial charge in [0.05, 0.1) is 4.91 Å². The van der Waals surface area contributed by atoms with Crippen LogP contribution in [0.25, 0.3) is 0 Å². The van der Waals surface area contributed by atoms with Gasteiger partial charge in [0.1, 0.15) is 0 Å². The molecule has 0 amide bonds. The molecule has 5 heteroatoms. The van der Waals surface area contributed by atoms with Crippen LogP contribution in [0.1, 0.15) is 0 Å².